The van der Waals surface area contributed by atoms with E-state index < -0.39 is 36.8 Å². The molecule has 5 atom stereocenters. The highest BCUT2D eigenvalue weighted by molar-refractivity contribution is 6.31. The van der Waals surface area contributed by atoms with Crippen LogP contribution in [0.25, 0.3) is 0 Å². The van der Waals surface area contributed by atoms with Gasteiger partial charge in [-0.3, -0.25) is 0 Å². The predicted octanol–water partition coefficient (Wildman–Crippen LogP) is 3.25. The Kier molecular flexibility index (Phi) is 6.53. The first-order valence-corrected chi connectivity index (χ1v) is 12.4. The van der Waals surface area contributed by atoms with Crippen LogP contribution in [0, 0.1) is 5.41 Å². The van der Waals surface area contributed by atoms with Crippen molar-refractivity contribution in [3.05, 3.63) is 69.7 Å². The number of methoxy groups -OCH3 is 1. The van der Waals surface area contributed by atoms with Crippen molar-refractivity contribution in [1.29, 1.82) is 0 Å². The Bertz CT molecular complexity index is 1010. The molecular formula is C27H33ClO6. The molecule has 3 aliphatic rings. The number of aliphatic hydroxyl groups is 4. The van der Waals surface area contributed by atoms with Crippen LogP contribution in [0.4, 0.5) is 0 Å². The largest absolute Gasteiger partial charge is 0.394 e. The van der Waals surface area contributed by atoms with Gasteiger partial charge in [-0.25, -0.2) is 0 Å². The first kappa shape index (κ1) is 24.2. The lowest BCUT2D eigenvalue weighted by Crippen LogP contribution is -2.64. The van der Waals surface area contributed by atoms with Crippen LogP contribution in [0.2, 0.25) is 5.02 Å². The molecule has 2 saturated carbocycles. The third kappa shape index (κ3) is 3.99. The second-order valence-electron chi connectivity index (χ2n) is 10.3. The molecule has 0 aromatic heterocycles. The van der Waals surface area contributed by atoms with E-state index in [1.807, 2.05) is 0 Å². The lowest BCUT2D eigenvalue weighted by Gasteiger charge is -2.54. The first-order valence-electron chi connectivity index (χ1n) is 12.1. The fourth-order valence-electron chi connectivity index (χ4n) is 6.03. The Morgan fingerprint density at radius 2 is 1.74 bits per heavy atom. The highest BCUT2D eigenvalue weighted by Gasteiger charge is 2.55. The summed E-state index contributed by atoms with van der Waals surface area (Å²) in [5.74, 6) is -1.08. The fraction of sp³-hybridized carbons (Fsp3) is 0.556. The summed E-state index contributed by atoms with van der Waals surface area (Å²) in [6, 6.07) is 13.9. The van der Waals surface area contributed by atoms with Gasteiger partial charge in [0.2, 0.25) is 5.79 Å². The van der Waals surface area contributed by atoms with Gasteiger partial charge in [0.15, 0.2) is 0 Å². The van der Waals surface area contributed by atoms with E-state index in [2.05, 4.69) is 24.3 Å². The maximum Gasteiger partial charge on any atom is 0.224 e. The van der Waals surface area contributed by atoms with Gasteiger partial charge in [-0.2, -0.15) is 0 Å². The standard InChI is InChI=1S/C27H33ClO6/c1-33-27(25(32)24(31)23(30)22(15-29)34-27)20-7-8-21(28)18(12-20)11-16-3-5-17(6-4-16)19-13-26(14-19)9-2-10-26/h3-8,12,19,22-25,29-32H,2,9-11,13-15H2,1H3/t22-,23-,24+,25-,27?/m1/s1. The molecule has 6 nitrogen and oxygen atoms in total. The smallest absolute Gasteiger partial charge is 0.224 e. The van der Waals surface area contributed by atoms with Crippen LogP contribution in [0.3, 0.4) is 0 Å². The normalized spacial score (nSPS) is 32.9. The van der Waals surface area contributed by atoms with Crippen LogP contribution in [-0.4, -0.2) is 58.6 Å². The number of hydrogen-bond donors (Lipinski definition) is 4. The highest BCUT2D eigenvalue weighted by atomic mass is 35.5. The van der Waals surface area contributed by atoms with Crippen molar-refractivity contribution >= 4 is 11.6 Å². The summed E-state index contributed by atoms with van der Waals surface area (Å²) in [5, 5.41) is 41.5. The SMILES string of the molecule is COC1(c2ccc(Cl)c(Cc3ccc(C4CC5(CCC5)C4)cc3)c2)O[C@H](CO)[C@@H](O)[C@H](O)[C@H]1O. The molecule has 1 spiro atoms. The van der Waals surface area contributed by atoms with Gasteiger partial charge in [-0.05, 0) is 72.3 Å². The van der Waals surface area contributed by atoms with Crippen molar-refractivity contribution in [3.63, 3.8) is 0 Å². The Labute approximate surface area is 205 Å². The molecule has 0 radical (unpaired) electrons. The zero-order chi connectivity index (χ0) is 24.1. The minimum absolute atomic E-state index is 0.447. The molecule has 4 N–H and O–H groups in total. The summed E-state index contributed by atoms with van der Waals surface area (Å²) in [4.78, 5) is 0. The van der Waals surface area contributed by atoms with Crippen molar-refractivity contribution in [2.45, 2.75) is 74.6 Å². The van der Waals surface area contributed by atoms with E-state index in [1.165, 1.54) is 44.8 Å². The number of hydrogen-bond acceptors (Lipinski definition) is 6. The maximum absolute atomic E-state index is 10.8. The Hall–Kier alpha value is -1.51. The quantitative estimate of drug-likeness (QED) is 0.498. The summed E-state index contributed by atoms with van der Waals surface area (Å²) in [6.45, 7) is -0.537. The van der Waals surface area contributed by atoms with E-state index in [1.54, 1.807) is 18.2 Å². The number of benzene rings is 2. The first-order chi connectivity index (χ1) is 16.3. The second-order valence-corrected chi connectivity index (χ2v) is 10.7. The maximum atomic E-state index is 10.8. The van der Waals surface area contributed by atoms with Gasteiger partial charge in [-0.15, -0.1) is 0 Å². The van der Waals surface area contributed by atoms with E-state index in [9.17, 15) is 20.4 Å². The Morgan fingerprint density at radius 3 is 2.32 bits per heavy atom. The van der Waals surface area contributed by atoms with E-state index >= 15 is 0 Å². The van der Waals surface area contributed by atoms with Crippen LogP contribution in [0.15, 0.2) is 42.5 Å². The predicted molar refractivity (Wildman–Crippen MR) is 128 cm³/mol. The van der Waals surface area contributed by atoms with Crippen LogP contribution in [-0.2, 0) is 21.7 Å². The zero-order valence-corrected chi connectivity index (χ0v) is 20.1. The monoisotopic (exact) mass is 488 g/mol. The van der Waals surface area contributed by atoms with E-state index in [0.29, 0.717) is 28.3 Å². The molecule has 2 aromatic rings. The van der Waals surface area contributed by atoms with E-state index in [-0.39, 0.29) is 0 Å². The number of aliphatic hydroxyl groups excluding tert-OH is 4. The molecule has 1 aliphatic heterocycles. The molecule has 2 aliphatic carbocycles. The number of halogens is 1. The molecule has 7 heteroatoms. The van der Waals surface area contributed by atoms with Crippen molar-refractivity contribution in [3.8, 4) is 0 Å². The van der Waals surface area contributed by atoms with Gasteiger partial charge in [0.1, 0.15) is 24.4 Å². The third-order valence-electron chi connectivity index (χ3n) is 8.32. The number of rotatable bonds is 6. The molecule has 1 saturated heterocycles. The minimum Gasteiger partial charge on any atom is -0.394 e. The Balaban J connectivity index is 1.36. The lowest BCUT2D eigenvalue weighted by atomic mass is 9.51. The van der Waals surface area contributed by atoms with Crippen molar-refractivity contribution in [2.24, 2.45) is 5.41 Å². The number of ether oxygens (including phenoxy) is 2. The molecule has 184 valence electrons. The van der Waals surface area contributed by atoms with Crippen LogP contribution < -0.4 is 0 Å². The van der Waals surface area contributed by atoms with Gasteiger partial charge >= 0.3 is 0 Å². The second kappa shape index (κ2) is 9.17. The van der Waals surface area contributed by atoms with Gasteiger partial charge in [-0.1, -0.05) is 48.4 Å². The van der Waals surface area contributed by atoms with Gasteiger partial charge in [0.25, 0.3) is 0 Å². The molecule has 34 heavy (non-hydrogen) atoms. The average Bonchev–Trinajstić information content (AvgIpc) is 2.79. The summed E-state index contributed by atoms with van der Waals surface area (Å²) in [5.41, 5.74) is 4.43. The lowest BCUT2D eigenvalue weighted by molar-refractivity contribution is -0.366. The van der Waals surface area contributed by atoms with E-state index in [0.717, 1.165) is 11.1 Å². The van der Waals surface area contributed by atoms with Gasteiger partial charge < -0.3 is 29.9 Å². The molecule has 2 aromatic carbocycles. The topological polar surface area (TPSA) is 99.4 Å². The third-order valence-corrected chi connectivity index (χ3v) is 8.69. The summed E-state index contributed by atoms with van der Waals surface area (Å²) >= 11 is 6.51. The van der Waals surface area contributed by atoms with Gasteiger partial charge in [0, 0.05) is 17.7 Å². The average molecular weight is 489 g/mol. The van der Waals surface area contributed by atoms with Crippen LogP contribution in [0.5, 0.6) is 0 Å². The molecule has 1 unspecified atom stereocenters. The molecule has 1 heterocycles. The van der Waals surface area contributed by atoms with Crippen LogP contribution in [0.1, 0.15) is 60.3 Å². The van der Waals surface area contributed by atoms with Crippen LogP contribution >= 0.6 is 11.6 Å². The van der Waals surface area contributed by atoms with Crippen molar-refractivity contribution in [2.75, 3.05) is 13.7 Å². The Morgan fingerprint density at radius 1 is 1.03 bits per heavy atom. The van der Waals surface area contributed by atoms with E-state index in [4.69, 9.17) is 21.1 Å². The van der Waals surface area contributed by atoms with Gasteiger partial charge in [0.05, 0.1) is 6.61 Å². The molecule has 0 amide bonds. The summed E-state index contributed by atoms with van der Waals surface area (Å²) in [6.07, 6.45) is 1.71. The molecule has 5 rings (SSSR count). The fourth-order valence-corrected chi connectivity index (χ4v) is 6.21. The zero-order valence-electron chi connectivity index (χ0n) is 19.4. The van der Waals surface area contributed by atoms with Crippen molar-refractivity contribution < 1.29 is 29.9 Å². The summed E-state index contributed by atoms with van der Waals surface area (Å²) in [7, 11) is 1.35. The molecule has 3 fully saturated rings. The van der Waals surface area contributed by atoms with Crippen molar-refractivity contribution in [1.82, 2.24) is 0 Å². The molecular weight excluding hydrogens is 456 g/mol. The summed E-state index contributed by atoms with van der Waals surface area (Å²) < 4.78 is 11.4. The highest BCUT2D eigenvalue weighted by Crippen LogP contribution is 2.61. The molecule has 0 bridgehead atoms. The minimum atomic E-state index is -1.75.